The van der Waals surface area contributed by atoms with Crippen LogP contribution in [0.25, 0.3) is 17.1 Å². The predicted molar refractivity (Wildman–Crippen MR) is 108 cm³/mol. The van der Waals surface area contributed by atoms with Crippen molar-refractivity contribution in [3.05, 3.63) is 67.4 Å². The second-order valence-electron chi connectivity index (χ2n) is 6.83. The maximum atomic E-state index is 12.6. The molecule has 1 fully saturated rings. The van der Waals surface area contributed by atoms with Crippen LogP contribution in [0.15, 0.2) is 67.4 Å². The molecule has 9 heteroatoms. The van der Waals surface area contributed by atoms with Crippen LogP contribution in [0.2, 0.25) is 0 Å². The van der Waals surface area contributed by atoms with Gasteiger partial charge in [0.15, 0.2) is 5.82 Å². The second-order valence-corrected chi connectivity index (χ2v) is 6.83. The maximum Gasteiger partial charge on any atom is 0.231 e. The molecule has 29 heavy (non-hydrogen) atoms. The van der Waals surface area contributed by atoms with Gasteiger partial charge in [-0.15, -0.1) is 0 Å². The van der Waals surface area contributed by atoms with Crippen molar-refractivity contribution in [1.82, 2.24) is 29.9 Å². The van der Waals surface area contributed by atoms with Crippen LogP contribution in [0.4, 0.5) is 11.5 Å². The van der Waals surface area contributed by atoms with Gasteiger partial charge in [-0.05, 0) is 24.3 Å². The summed E-state index contributed by atoms with van der Waals surface area (Å²) in [5.74, 6) is 1.40. The minimum absolute atomic E-state index is 0.00404. The van der Waals surface area contributed by atoms with E-state index in [4.69, 9.17) is 0 Å². The number of aromatic nitrogens is 6. The number of aromatic amines is 1. The molecule has 0 saturated carbocycles. The summed E-state index contributed by atoms with van der Waals surface area (Å²) in [5.41, 5.74) is 2.65. The molecule has 0 spiro atoms. The Hall–Kier alpha value is -4.01. The Morgan fingerprint density at radius 1 is 1.07 bits per heavy atom. The van der Waals surface area contributed by atoms with Crippen molar-refractivity contribution in [2.24, 2.45) is 5.92 Å². The fourth-order valence-corrected chi connectivity index (χ4v) is 3.30. The molecule has 0 aliphatic carbocycles. The minimum atomic E-state index is -0.0890. The van der Waals surface area contributed by atoms with E-state index < -0.39 is 0 Å². The number of nitrogens with one attached hydrogen (secondary N) is 2. The molecule has 2 N–H and O–H groups in total. The van der Waals surface area contributed by atoms with Crippen LogP contribution in [-0.2, 0) is 4.79 Å². The van der Waals surface area contributed by atoms with E-state index in [2.05, 4.69) is 35.5 Å². The van der Waals surface area contributed by atoms with Gasteiger partial charge in [-0.2, -0.15) is 10.2 Å². The summed E-state index contributed by atoms with van der Waals surface area (Å²) in [4.78, 5) is 23.2. The molecular formula is C20H18N8O. The molecule has 1 aromatic carbocycles. The first-order chi connectivity index (χ1) is 14.3. The summed E-state index contributed by atoms with van der Waals surface area (Å²) >= 11 is 0. The number of H-pyrrole nitrogens is 1. The van der Waals surface area contributed by atoms with Crippen molar-refractivity contribution >= 4 is 17.4 Å². The summed E-state index contributed by atoms with van der Waals surface area (Å²) in [6, 6.07) is 13.3. The normalized spacial score (nSPS) is 13.9. The Labute approximate surface area is 166 Å². The van der Waals surface area contributed by atoms with Gasteiger partial charge in [0.25, 0.3) is 0 Å². The number of carbonyl (C=O) groups excluding carboxylic acids is 1. The number of hydrogen-bond acceptors (Lipinski definition) is 6. The maximum absolute atomic E-state index is 12.6. The summed E-state index contributed by atoms with van der Waals surface area (Å²) in [6.07, 6.45) is 6.75. The first kappa shape index (κ1) is 17.1. The summed E-state index contributed by atoms with van der Waals surface area (Å²) in [5, 5.41) is 14.1. The molecule has 0 radical (unpaired) electrons. The first-order valence-electron chi connectivity index (χ1n) is 9.24. The van der Waals surface area contributed by atoms with Gasteiger partial charge in [0, 0.05) is 49.0 Å². The molecule has 9 nitrogen and oxygen atoms in total. The zero-order valence-electron chi connectivity index (χ0n) is 15.4. The molecule has 3 aromatic heterocycles. The highest BCUT2D eigenvalue weighted by Crippen LogP contribution is 2.26. The lowest BCUT2D eigenvalue weighted by Crippen LogP contribution is -2.52. The number of amides is 1. The monoisotopic (exact) mass is 386 g/mol. The molecule has 1 saturated heterocycles. The molecule has 1 aliphatic rings. The van der Waals surface area contributed by atoms with E-state index in [0.29, 0.717) is 18.9 Å². The van der Waals surface area contributed by atoms with Crippen molar-refractivity contribution in [2.75, 3.05) is 23.3 Å². The Bertz CT molecular complexity index is 1120. The fraction of sp³-hybridized carbons (Fsp3) is 0.150. The van der Waals surface area contributed by atoms with Gasteiger partial charge in [0.1, 0.15) is 12.1 Å². The van der Waals surface area contributed by atoms with E-state index in [-0.39, 0.29) is 11.8 Å². The fourth-order valence-electron chi connectivity index (χ4n) is 3.30. The molecule has 4 aromatic rings. The van der Waals surface area contributed by atoms with E-state index in [0.717, 1.165) is 22.8 Å². The van der Waals surface area contributed by atoms with Crippen LogP contribution in [0.5, 0.6) is 0 Å². The molecule has 1 amide bonds. The van der Waals surface area contributed by atoms with Crippen molar-refractivity contribution in [3.8, 4) is 17.1 Å². The van der Waals surface area contributed by atoms with Gasteiger partial charge < -0.3 is 10.2 Å². The van der Waals surface area contributed by atoms with E-state index in [1.807, 2.05) is 48.7 Å². The Kier molecular flexibility index (Phi) is 4.24. The lowest BCUT2D eigenvalue weighted by molar-refractivity contribution is -0.120. The molecule has 5 rings (SSSR count). The standard InChI is InChI=1S/C20H18N8O/c29-20(25-16-4-1-3-14(9-16)17-5-7-23-26-17)15-11-27(12-15)18-10-19(22-13-21-18)28-8-2-6-24-28/h1-10,13,15H,11-12H2,(H,23,26)(H,25,29). The van der Waals surface area contributed by atoms with E-state index >= 15 is 0 Å². The smallest absolute Gasteiger partial charge is 0.231 e. The van der Waals surface area contributed by atoms with Crippen LogP contribution in [-0.4, -0.2) is 48.9 Å². The van der Waals surface area contributed by atoms with Crippen molar-refractivity contribution < 1.29 is 4.79 Å². The van der Waals surface area contributed by atoms with E-state index in [9.17, 15) is 4.79 Å². The van der Waals surface area contributed by atoms with Crippen LogP contribution in [0, 0.1) is 5.92 Å². The molecular weight excluding hydrogens is 368 g/mol. The van der Waals surface area contributed by atoms with E-state index in [1.54, 1.807) is 17.1 Å². The first-order valence-corrected chi connectivity index (χ1v) is 9.24. The van der Waals surface area contributed by atoms with Crippen LogP contribution < -0.4 is 10.2 Å². The molecule has 0 bridgehead atoms. The molecule has 4 heterocycles. The molecule has 0 unspecified atom stereocenters. The Morgan fingerprint density at radius 2 is 1.97 bits per heavy atom. The number of rotatable bonds is 5. The number of hydrogen-bond donors (Lipinski definition) is 2. The highest BCUT2D eigenvalue weighted by atomic mass is 16.2. The topological polar surface area (TPSA) is 105 Å². The lowest BCUT2D eigenvalue weighted by atomic mass is 9.99. The van der Waals surface area contributed by atoms with Crippen LogP contribution in [0.3, 0.4) is 0 Å². The third-order valence-electron chi connectivity index (χ3n) is 4.90. The number of benzene rings is 1. The van der Waals surface area contributed by atoms with Crippen LogP contribution >= 0.6 is 0 Å². The zero-order valence-corrected chi connectivity index (χ0v) is 15.4. The summed E-state index contributed by atoms with van der Waals surface area (Å²) in [6.45, 7) is 1.23. The average Bonchev–Trinajstić information content (AvgIpc) is 3.42. The Morgan fingerprint density at radius 3 is 2.76 bits per heavy atom. The van der Waals surface area contributed by atoms with Gasteiger partial charge in [0.05, 0.1) is 11.6 Å². The number of carbonyl (C=O) groups is 1. The summed E-state index contributed by atoms with van der Waals surface area (Å²) in [7, 11) is 0. The van der Waals surface area contributed by atoms with Gasteiger partial charge in [-0.25, -0.2) is 14.6 Å². The summed E-state index contributed by atoms with van der Waals surface area (Å²) < 4.78 is 1.68. The lowest BCUT2D eigenvalue weighted by Gasteiger charge is -2.39. The molecule has 144 valence electrons. The van der Waals surface area contributed by atoms with Gasteiger partial charge in [-0.3, -0.25) is 9.89 Å². The molecule has 1 aliphatic heterocycles. The third kappa shape index (κ3) is 3.45. The largest absolute Gasteiger partial charge is 0.355 e. The van der Waals surface area contributed by atoms with Gasteiger partial charge in [0.2, 0.25) is 5.91 Å². The Balaban J connectivity index is 1.22. The van der Waals surface area contributed by atoms with Crippen LogP contribution in [0.1, 0.15) is 0 Å². The second kappa shape index (κ2) is 7.19. The predicted octanol–water partition coefficient (Wildman–Crippen LogP) is 2.13. The minimum Gasteiger partial charge on any atom is -0.355 e. The average molecular weight is 386 g/mol. The highest BCUT2D eigenvalue weighted by Gasteiger charge is 2.33. The van der Waals surface area contributed by atoms with E-state index in [1.165, 1.54) is 6.33 Å². The van der Waals surface area contributed by atoms with Crippen molar-refractivity contribution in [2.45, 2.75) is 0 Å². The molecule has 0 atom stereocenters. The van der Waals surface area contributed by atoms with Gasteiger partial charge in [-0.1, -0.05) is 12.1 Å². The zero-order chi connectivity index (χ0) is 19.6. The number of anilines is 2. The third-order valence-corrected chi connectivity index (χ3v) is 4.90. The number of nitrogens with zero attached hydrogens (tertiary/aromatic N) is 6. The van der Waals surface area contributed by atoms with Crippen molar-refractivity contribution in [3.63, 3.8) is 0 Å². The highest BCUT2D eigenvalue weighted by molar-refractivity contribution is 5.94. The SMILES string of the molecule is O=C(Nc1cccc(-c2ccn[nH]2)c1)C1CN(c2cc(-n3cccn3)ncn2)C1. The van der Waals surface area contributed by atoms with Gasteiger partial charge >= 0.3 is 0 Å². The quantitative estimate of drug-likeness (QED) is 0.544. The van der Waals surface area contributed by atoms with Crippen molar-refractivity contribution in [1.29, 1.82) is 0 Å².